The second-order valence-corrected chi connectivity index (χ2v) is 8.39. The van der Waals surface area contributed by atoms with Gasteiger partial charge in [0.2, 0.25) is 0 Å². The van der Waals surface area contributed by atoms with E-state index in [1.165, 1.54) is 43.6 Å². The molecule has 1 fully saturated rings. The maximum Gasteiger partial charge on any atom is 0.338 e. The number of benzene rings is 1. The third-order valence-electron chi connectivity index (χ3n) is 4.99. The Morgan fingerprint density at radius 2 is 1.86 bits per heavy atom. The topological polar surface area (TPSA) is 68.5 Å². The lowest BCUT2D eigenvalue weighted by atomic mass is 10.2. The quantitative estimate of drug-likeness (QED) is 0.530. The molecule has 1 aromatic carbocycles. The van der Waals surface area contributed by atoms with E-state index in [0.717, 1.165) is 11.4 Å². The van der Waals surface area contributed by atoms with E-state index in [2.05, 4.69) is 21.1 Å². The largest absolute Gasteiger partial charge is 0.462 e. The molecule has 7 heteroatoms. The van der Waals surface area contributed by atoms with Crippen LogP contribution in [-0.2, 0) is 17.7 Å². The van der Waals surface area contributed by atoms with E-state index < -0.39 is 0 Å². The molecule has 4 rings (SSSR count). The fraction of sp³-hybridized carbons (Fsp3) is 0.409. The van der Waals surface area contributed by atoms with Gasteiger partial charge in [-0.3, -0.25) is 4.90 Å². The van der Waals surface area contributed by atoms with Gasteiger partial charge < -0.3 is 9.26 Å². The average molecular weight is 412 g/mol. The number of carbonyl (C=O) groups excluding carboxylic acids is 1. The Hall–Kier alpha value is -2.51. The molecule has 3 heterocycles. The SMILES string of the molecule is O=C(OCCc1noc(-c2ccc(CN3CCCCCC3)s2)n1)c1ccccc1. The number of carbonyl (C=O) groups is 1. The van der Waals surface area contributed by atoms with Gasteiger partial charge in [-0.25, -0.2) is 4.79 Å². The number of esters is 1. The molecule has 29 heavy (non-hydrogen) atoms. The standard InChI is InChI=1S/C22H25N3O3S/c26-22(17-8-4-3-5-9-17)27-15-12-20-23-21(28-24-20)19-11-10-18(29-19)16-25-13-6-1-2-7-14-25/h3-5,8-11H,1-2,6-7,12-16H2. The molecule has 0 unspecified atom stereocenters. The molecule has 0 amide bonds. The molecule has 0 atom stereocenters. The molecule has 1 aliphatic heterocycles. The van der Waals surface area contributed by atoms with Crippen LogP contribution in [0.2, 0.25) is 0 Å². The number of ether oxygens (including phenoxy) is 1. The summed E-state index contributed by atoms with van der Waals surface area (Å²) in [6, 6.07) is 13.1. The molecule has 152 valence electrons. The zero-order valence-corrected chi connectivity index (χ0v) is 17.2. The molecule has 1 saturated heterocycles. The maximum absolute atomic E-state index is 12.0. The summed E-state index contributed by atoms with van der Waals surface area (Å²) in [5.74, 6) is 0.732. The molecular weight excluding hydrogens is 386 g/mol. The fourth-order valence-electron chi connectivity index (χ4n) is 3.44. The highest BCUT2D eigenvalue weighted by Crippen LogP contribution is 2.28. The van der Waals surface area contributed by atoms with Crippen molar-refractivity contribution in [2.45, 2.75) is 38.6 Å². The summed E-state index contributed by atoms with van der Waals surface area (Å²) in [5.41, 5.74) is 0.539. The number of hydrogen-bond donors (Lipinski definition) is 0. The first kappa shape index (κ1) is 19.8. The van der Waals surface area contributed by atoms with E-state index in [4.69, 9.17) is 9.26 Å². The molecule has 6 nitrogen and oxygen atoms in total. The van der Waals surface area contributed by atoms with Crippen LogP contribution in [0.15, 0.2) is 47.0 Å². The third-order valence-corrected chi connectivity index (χ3v) is 6.04. The number of aromatic nitrogens is 2. The van der Waals surface area contributed by atoms with Crippen molar-refractivity contribution in [1.82, 2.24) is 15.0 Å². The van der Waals surface area contributed by atoms with Gasteiger partial charge >= 0.3 is 5.97 Å². The summed E-state index contributed by atoms with van der Waals surface area (Å²) >= 11 is 1.70. The van der Waals surface area contributed by atoms with Crippen LogP contribution >= 0.6 is 11.3 Å². The first-order valence-electron chi connectivity index (χ1n) is 10.1. The Kier molecular flexibility index (Phi) is 6.69. The number of hydrogen-bond acceptors (Lipinski definition) is 7. The highest BCUT2D eigenvalue weighted by molar-refractivity contribution is 7.15. The predicted octanol–water partition coefficient (Wildman–Crippen LogP) is 4.57. The molecule has 0 aliphatic carbocycles. The van der Waals surface area contributed by atoms with E-state index >= 15 is 0 Å². The summed E-state index contributed by atoms with van der Waals surface area (Å²) < 4.78 is 10.7. The zero-order chi connectivity index (χ0) is 19.9. The summed E-state index contributed by atoms with van der Waals surface area (Å²) in [6.45, 7) is 3.57. The van der Waals surface area contributed by atoms with Crippen LogP contribution < -0.4 is 0 Å². The maximum atomic E-state index is 12.0. The first-order valence-corrected chi connectivity index (χ1v) is 11.0. The van der Waals surface area contributed by atoms with Crippen LogP contribution in [0.25, 0.3) is 10.8 Å². The van der Waals surface area contributed by atoms with Gasteiger partial charge in [0.25, 0.3) is 5.89 Å². The summed E-state index contributed by atoms with van der Waals surface area (Å²) in [6.07, 6.45) is 5.70. The van der Waals surface area contributed by atoms with Crippen molar-refractivity contribution in [2.24, 2.45) is 0 Å². The number of rotatable bonds is 7. The molecule has 3 aromatic rings. The Labute approximate surface area is 174 Å². The van der Waals surface area contributed by atoms with Crippen LogP contribution in [0, 0.1) is 0 Å². The molecular formula is C22H25N3O3S. The molecule has 0 N–H and O–H groups in total. The zero-order valence-electron chi connectivity index (χ0n) is 16.4. The lowest BCUT2D eigenvalue weighted by molar-refractivity contribution is 0.0507. The van der Waals surface area contributed by atoms with E-state index in [1.54, 1.807) is 23.5 Å². The molecule has 0 radical (unpaired) electrons. The van der Waals surface area contributed by atoms with E-state index in [9.17, 15) is 4.79 Å². The van der Waals surface area contributed by atoms with E-state index in [1.807, 2.05) is 24.3 Å². The number of nitrogens with zero attached hydrogens (tertiary/aromatic N) is 3. The van der Waals surface area contributed by atoms with Crippen LogP contribution in [0.5, 0.6) is 0 Å². The van der Waals surface area contributed by atoms with Crippen molar-refractivity contribution in [3.8, 4) is 10.8 Å². The fourth-order valence-corrected chi connectivity index (χ4v) is 4.41. The second kappa shape index (κ2) is 9.80. The summed E-state index contributed by atoms with van der Waals surface area (Å²) in [4.78, 5) is 21.2. The predicted molar refractivity (Wildman–Crippen MR) is 112 cm³/mol. The lowest BCUT2D eigenvalue weighted by Crippen LogP contribution is -2.23. The van der Waals surface area contributed by atoms with Crippen LogP contribution in [0.4, 0.5) is 0 Å². The highest BCUT2D eigenvalue weighted by Gasteiger charge is 2.15. The van der Waals surface area contributed by atoms with Gasteiger partial charge in [0, 0.05) is 17.8 Å². The van der Waals surface area contributed by atoms with Crippen LogP contribution in [0.3, 0.4) is 0 Å². The Morgan fingerprint density at radius 1 is 1.07 bits per heavy atom. The molecule has 0 bridgehead atoms. The van der Waals surface area contributed by atoms with E-state index in [-0.39, 0.29) is 12.6 Å². The van der Waals surface area contributed by atoms with Crippen LogP contribution in [-0.4, -0.2) is 40.7 Å². The highest BCUT2D eigenvalue weighted by atomic mass is 32.1. The van der Waals surface area contributed by atoms with Crippen molar-refractivity contribution in [3.63, 3.8) is 0 Å². The Bertz CT molecular complexity index is 914. The minimum Gasteiger partial charge on any atom is -0.462 e. The van der Waals surface area contributed by atoms with Gasteiger partial charge in [-0.15, -0.1) is 11.3 Å². The van der Waals surface area contributed by atoms with Gasteiger partial charge in [0.15, 0.2) is 5.82 Å². The van der Waals surface area contributed by atoms with Crippen molar-refractivity contribution in [3.05, 3.63) is 58.7 Å². The summed E-state index contributed by atoms with van der Waals surface area (Å²) in [7, 11) is 0. The molecule has 2 aromatic heterocycles. The van der Waals surface area contributed by atoms with Gasteiger partial charge in [-0.2, -0.15) is 4.98 Å². The Morgan fingerprint density at radius 3 is 2.66 bits per heavy atom. The minimum atomic E-state index is -0.342. The molecule has 0 saturated carbocycles. The minimum absolute atomic E-state index is 0.220. The normalized spacial score (nSPS) is 15.2. The third kappa shape index (κ3) is 5.52. The van der Waals surface area contributed by atoms with Gasteiger partial charge in [0.1, 0.15) is 0 Å². The average Bonchev–Trinajstić information content (AvgIpc) is 3.33. The van der Waals surface area contributed by atoms with Gasteiger partial charge in [-0.05, 0) is 50.2 Å². The number of likely N-dealkylation sites (tertiary alicyclic amines) is 1. The van der Waals surface area contributed by atoms with Crippen molar-refractivity contribution >= 4 is 17.3 Å². The lowest BCUT2D eigenvalue weighted by Gasteiger charge is -2.18. The molecule has 1 aliphatic rings. The van der Waals surface area contributed by atoms with Gasteiger partial charge in [0.05, 0.1) is 17.0 Å². The van der Waals surface area contributed by atoms with Crippen LogP contribution in [0.1, 0.15) is 46.7 Å². The van der Waals surface area contributed by atoms with Crippen molar-refractivity contribution in [1.29, 1.82) is 0 Å². The Balaban J connectivity index is 1.28. The molecule has 0 spiro atoms. The second-order valence-electron chi connectivity index (χ2n) is 7.22. The van der Waals surface area contributed by atoms with E-state index in [0.29, 0.717) is 23.7 Å². The summed E-state index contributed by atoms with van der Waals surface area (Å²) in [5, 5.41) is 4.02. The van der Waals surface area contributed by atoms with Crippen molar-refractivity contribution in [2.75, 3.05) is 19.7 Å². The monoisotopic (exact) mass is 411 g/mol. The smallest absolute Gasteiger partial charge is 0.338 e. The van der Waals surface area contributed by atoms with Crippen molar-refractivity contribution < 1.29 is 14.1 Å². The number of thiophene rings is 1. The van der Waals surface area contributed by atoms with Gasteiger partial charge in [-0.1, -0.05) is 36.2 Å². The first-order chi connectivity index (χ1) is 14.3.